The molecule has 3 rings (SSSR count). The maximum absolute atomic E-state index is 10.9. The van der Waals surface area contributed by atoms with E-state index in [2.05, 4.69) is 26.8 Å². The first-order chi connectivity index (χ1) is 10.5. The van der Waals surface area contributed by atoms with E-state index in [0.29, 0.717) is 18.3 Å². The second-order valence-electron chi connectivity index (χ2n) is 9.17. The van der Waals surface area contributed by atoms with Crippen molar-refractivity contribution in [1.29, 1.82) is 0 Å². The molecule has 0 aromatic rings. The Labute approximate surface area is 140 Å². The van der Waals surface area contributed by atoms with Crippen LogP contribution in [0.1, 0.15) is 53.9 Å². The maximum atomic E-state index is 10.9. The van der Waals surface area contributed by atoms with Gasteiger partial charge in [-0.15, -0.1) is 0 Å². The van der Waals surface area contributed by atoms with Gasteiger partial charge in [-0.1, -0.05) is 51.5 Å². The van der Waals surface area contributed by atoms with E-state index >= 15 is 0 Å². The zero-order valence-corrected chi connectivity index (χ0v) is 15.1. The molecule has 0 unspecified atom stereocenters. The van der Waals surface area contributed by atoms with Gasteiger partial charge in [0.05, 0.1) is 17.8 Å². The lowest BCUT2D eigenvalue weighted by Gasteiger charge is -2.55. The standard InChI is InChI=1S/C20H32O3/c1-12(2)13-10-15(21)20(5)16(22)11-18(3)8-9-19(4,23)7-6-14(18)17(13)20/h8-10,12,14-17,21-23H,6-7,11H2,1-5H3/t14-,15+,16+,17-,18-,19+,20+/m1/s1. The quantitative estimate of drug-likeness (QED) is 0.651. The van der Waals surface area contributed by atoms with Crippen LogP contribution in [0.5, 0.6) is 0 Å². The number of rotatable bonds is 1. The summed E-state index contributed by atoms with van der Waals surface area (Å²) in [5.74, 6) is 0.871. The Morgan fingerprint density at radius 1 is 1.13 bits per heavy atom. The van der Waals surface area contributed by atoms with E-state index in [1.165, 1.54) is 5.57 Å². The predicted molar refractivity (Wildman–Crippen MR) is 91.7 cm³/mol. The largest absolute Gasteiger partial charge is 0.392 e. The fourth-order valence-electron chi connectivity index (χ4n) is 5.39. The second-order valence-corrected chi connectivity index (χ2v) is 9.17. The zero-order chi connectivity index (χ0) is 17.2. The van der Waals surface area contributed by atoms with Gasteiger partial charge in [-0.3, -0.25) is 0 Å². The van der Waals surface area contributed by atoms with Gasteiger partial charge >= 0.3 is 0 Å². The number of hydrogen-bond acceptors (Lipinski definition) is 3. The third-order valence-electron chi connectivity index (χ3n) is 7.07. The Bertz CT molecular complexity index is 547. The first-order valence-electron chi connectivity index (χ1n) is 9.02. The lowest BCUT2D eigenvalue weighted by Crippen LogP contribution is -2.56. The number of hydrogen-bond donors (Lipinski definition) is 3. The summed E-state index contributed by atoms with van der Waals surface area (Å²) in [6.07, 6.45) is 7.22. The second kappa shape index (κ2) is 5.18. The number of aliphatic hydroxyl groups excluding tert-OH is 2. The van der Waals surface area contributed by atoms with Gasteiger partial charge in [0, 0.05) is 5.41 Å². The molecule has 3 nitrogen and oxygen atoms in total. The third kappa shape index (κ3) is 2.43. The minimum atomic E-state index is -0.777. The van der Waals surface area contributed by atoms with Gasteiger partial charge < -0.3 is 15.3 Å². The Kier molecular flexibility index (Phi) is 3.87. The summed E-state index contributed by atoms with van der Waals surface area (Å²) in [7, 11) is 0. The maximum Gasteiger partial charge on any atom is 0.0807 e. The lowest BCUT2D eigenvalue weighted by atomic mass is 9.50. The van der Waals surface area contributed by atoms with Crippen molar-refractivity contribution in [3.63, 3.8) is 0 Å². The van der Waals surface area contributed by atoms with E-state index in [9.17, 15) is 15.3 Å². The van der Waals surface area contributed by atoms with E-state index < -0.39 is 23.2 Å². The van der Waals surface area contributed by atoms with Crippen LogP contribution in [0.2, 0.25) is 0 Å². The molecule has 0 bridgehead atoms. The van der Waals surface area contributed by atoms with Crippen LogP contribution >= 0.6 is 0 Å². The average Bonchev–Trinajstić information content (AvgIpc) is 2.64. The predicted octanol–water partition coefficient (Wildman–Crippen LogP) is 3.05. The molecule has 0 saturated heterocycles. The molecule has 3 aliphatic rings. The Hall–Kier alpha value is -0.640. The van der Waals surface area contributed by atoms with Gasteiger partial charge in [-0.05, 0) is 49.4 Å². The van der Waals surface area contributed by atoms with Crippen LogP contribution in [-0.2, 0) is 0 Å². The topological polar surface area (TPSA) is 60.7 Å². The fraction of sp³-hybridized carbons (Fsp3) is 0.800. The molecule has 0 aliphatic heterocycles. The number of aliphatic hydroxyl groups is 3. The first kappa shape index (κ1) is 17.2. The van der Waals surface area contributed by atoms with Crippen LogP contribution < -0.4 is 0 Å². The molecule has 3 N–H and O–H groups in total. The van der Waals surface area contributed by atoms with Gasteiger partial charge in [0.2, 0.25) is 0 Å². The molecule has 0 radical (unpaired) electrons. The molecule has 1 saturated carbocycles. The zero-order valence-electron chi connectivity index (χ0n) is 15.1. The molecule has 0 aromatic heterocycles. The fourth-order valence-corrected chi connectivity index (χ4v) is 5.39. The van der Waals surface area contributed by atoms with E-state index in [-0.39, 0.29) is 11.3 Å². The highest BCUT2D eigenvalue weighted by Gasteiger charge is 2.62. The van der Waals surface area contributed by atoms with Crippen LogP contribution in [0.15, 0.2) is 23.8 Å². The Morgan fingerprint density at radius 3 is 2.39 bits per heavy atom. The van der Waals surface area contributed by atoms with Crippen molar-refractivity contribution >= 4 is 0 Å². The third-order valence-corrected chi connectivity index (χ3v) is 7.07. The molecule has 0 spiro atoms. The van der Waals surface area contributed by atoms with Crippen molar-refractivity contribution in [3.05, 3.63) is 23.8 Å². The van der Waals surface area contributed by atoms with E-state index in [4.69, 9.17) is 0 Å². The summed E-state index contributed by atoms with van der Waals surface area (Å²) < 4.78 is 0. The van der Waals surface area contributed by atoms with Gasteiger partial charge in [0.25, 0.3) is 0 Å². The number of fused-ring (bicyclic) bond motifs is 3. The molecule has 0 heterocycles. The van der Waals surface area contributed by atoms with E-state index in [0.717, 1.165) is 12.8 Å². The van der Waals surface area contributed by atoms with Gasteiger partial charge in [0.1, 0.15) is 0 Å². The van der Waals surface area contributed by atoms with E-state index in [1.807, 2.05) is 26.0 Å². The molecule has 3 heteroatoms. The summed E-state index contributed by atoms with van der Waals surface area (Å²) >= 11 is 0. The SMILES string of the molecule is CC(C)C1=C[C@H](O)[C@]2(C)[C@H]1[C@H]1CC[C@](C)(O)C=C[C@]1(C)C[C@@H]2O. The molecular formula is C20H32O3. The highest BCUT2D eigenvalue weighted by molar-refractivity contribution is 5.32. The summed E-state index contributed by atoms with van der Waals surface area (Å²) in [5.41, 5.74) is -0.138. The van der Waals surface area contributed by atoms with Gasteiger partial charge in [0.15, 0.2) is 0 Å². The molecule has 0 amide bonds. The molecule has 7 atom stereocenters. The minimum absolute atomic E-state index is 0.137. The van der Waals surface area contributed by atoms with Crippen LogP contribution in [0, 0.1) is 28.6 Å². The van der Waals surface area contributed by atoms with Crippen LogP contribution in [0.25, 0.3) is 0 Å². The van der Waals surface area contributed by atoms with Crippen LogP contribution in [-0.4, -0.2) is 33.1 Å². The number of allylic oxidation sites excluding steroid dienone is 2. The monoisotopic (exact) mass is 320 g/mol. The first-order valence-corrected chi connectivity index (χ1v) is 9.02. The molecule has 1 fully saturated rings. The summed E-state index contributed by atoms with van der Waals surface area (Å²) in [5, 5.41) is 32.2. The average molecular weight is 320 g/mol. The summed E-state index contributed by atoms with van der Waals surface area (Å²) in [6.45, 7) is 10.5. The summed E-state index contributed by atoms with van der Waals surface area (Å²) in [6, 6.07) is 0. The van der Waals surface area contributed by atoms with Crippen LogP contribution in [0.4, 0.5) is 0 Å². The summed E-state index contributed by atoms with van der Waals surface area (Å²) in [4.78, 5) is 0. The van der Waals surface area contributed by atoms with Crippen molar-refractivity contribution in [1.82, 2.24) is 0 Å². The molecule has 23 heavy (non-hydrogen) atoms. The smallest absolute Gasteiger partial charge is 0.0807 e. The van der Waals surface area contributed by atoms with Crippen molar-refractivity contribution in [3.8, 4) is 0 Å². The van der Waals surface area contributed by atoms with Crippen molar-refractivity contribution in [2.45, 2.75) is 71.7 Å². The highest BCUT2D eigenvalue weighted by Crippen LogP contribution is 2.63. The van der Waals surface area contributed by atoms with Gasteiger partial charge in [-0.2, -0.15) is 0 Å². The van der Waals surface area contributed by atoms with Crippen LogP contribution in [0.3, 0.4) is 0 Å². The molecular weight excluding hydrogens is 288 g/mol. The Balaban J connectivity index is 2.09. The van der Waals surface area contributed by atoms with Gasteiger partial charge in [-0.25, -0.2) is 0 Å². The normalized spacial score (nSPS) is 52.8. The molecule has 0 aromatic carbocycles. The molecule has 3 aliphatic carbocycles. The minimum Gasteiger partial charge on any atom is -0.392 e. The Morgan fingerprint density at radius 2 is 1.78 bits per heavy atom. The van der Waals surface area contributed by atoms with Crippen molar-refractivity contribution in [2.75, 3.05) is 0 Å². The van der Waals surface area contributed by atoms with E-state index in [1.54, 1.807) is 0 Å². The van der Waals surface area contributed by atoms with Crippen molar-refractivity contribution in [2.24, 2.45) is 28.6 Å². The lowest BCUT2D eigenvalue weighted by molar-refractivity contribution is -0.135. The van der Waals surface area contributed by atoms with Crippen molar-refractivity contribution < 1.29 is 15.3 Å². The highest BCUT2D eigenvalue weighted by atomic mass is 16.3. The molecule has 130 valence electrons.